The second-order valence-corrected chi connectivity index (χ2v) is 5.46. The number of nitrogens with zero attached hydrogens (tertiary/aromatic N) is 2. The summed E-state index contributed by atoms with van der Waals surface area (Å²) in [6, 6.07) is 10.7. The third-order valence-corrected chi connectivity index (χ3v) is 4.64. The number of rotatable bonds is 7. The quantitative estimate of drug-likeness (QED) is 0.607. The number of hydrogen-bond donors (Lipinski definition) is 2. The Morgan fingerprint density at radius 1 is 1.19 bits per heavy atom. The number of hydrogen-bond acceptors (Lipinski definition) is 3. The van der Waals surface area contributed by atoms with Crippen molar-refractivity contribution in [1.82, 2.24) is 15.2 Å². The van der Waals surface area contributed by atoms with Crippen molar-refractivity contribution >= 4 is 0 Å². The van der Waals surface area contributed by atoms with Crippen LogP contribution in [-0.2, 0) is 12.0 Å². The fourth-order valence-corrected chi connectivity index (χ4v) is 3.28. The number of aryl methyl sites for hydroxylation is 1. The number of nitrogens with one attached hydrogen (secondary N) is 1. The Hall–Kier alpha value is -1.65. The van der Waals surface area contributed by atoms with Crippen LogP contribution in [0.1, 0.15) is 50.8 Å². The minimum absolute atomic E-state index is 0.0301. The molecule has 1 aromatic heterocycles. The van der Waals surface area contributed by atoms with Gasteiger partial charge in [0.2, 0.25) is 0 Å². The predicted molar refractivity (Wildman–Crippen MR) is 86.7 cm³/mol. The Morgan fingerprint density at radius 3 is 2.33 bits per heavy atom. The van der Waals surface area contributed by atoms with Crippen LogP contribution in [0.2, 0.25) is 0 Å². The SMILES string of the molecule is CCn1cc(C(NN)C(CC)(CC)c2ccccc2)cn1. The largest absolute Gasteiger partial charge is 0.273 e. The van der Waals surface area contributed by atoms with Crippen molar-refractivity contribution in [2.24, 2.45) is 5.84 Å². The Bertz CT molecular complexity index is 543. The average Bonchev–Trinajstić information content (AvgIpc) is 3.02. The van der Waals surface area contributed by atoms with Gasteiger partial charge < -0.3 is 0 Å². The topological polar surface area (TPSA) is 55.9 Å². The molecule has 0 spiro atoms. The van der Waals surface area contributed by atoms with E-state index in [0.717, 1.165) is 24.9 Å². The first-order chi connectivity index (χ1) is 10.2. The molecule has 1 atom stereocenters. The number of hydrazine groups is 1. The summed E-state index contributed by atoms with van der Waals surface area (Å²) in [5.74, 6) is 5.94. The molecule has 4 heteroatoms. The molecule has 114 valence electrons. The molecular weight excluding hydrogens is 260 g/mol. The second kappa shape index (κ2) is 6.87. The van der Waals surface area contributed by atoms with Gasteiger partial charge in [-0.1, -0.05) is 44.2 Å². The molecule has 0 aliphatic rings. The van der Waals surface area contributed by atoms with Gasteiger partial charge in [0.1, 0.15) is 0 Å². The number of aromatic nitrogens is 2. The van der Waals surface area contributed by atoms with Crippen molar-refractivity contribution in [3.63, 3.8) is 0 Å². The highest BCUT2D eigenvalue weighted by atomic mass is 15.3. The zero-order chi connectivity index (χ0) is 15.3. The van der Waals surface area contributed by atoms with Crippen molar-refractivity contribution in [3.8, 4) is 0 Å². The van der Waals surface area contributed by atoms with Gasteiger partial charge in [0.25, 0.3) is 0 Å². The van der Waals surface area contributed by atoms with Gasteiger partial charge in [0.05, 0.1) is 12.2 Å². The maximum atomic E-state index is 5.94. The highest BCUT2D eigenvalue weighted by molar-refractivity contribution is 5.31. The van der Waals surface area contributed by atoms with Crippen LogP contribution >= 0.6 is 0 Å². The van der Waals surface area contributed by atoms with E-state index in [0.29, 0.717) is 0 Å². The molecule has 2 rings (SSSR count). The van der Waals surface area contributed by atoms with Gasteiger partial charge >= 0.3 is 0 Å². The van der Waals surface area contributed by atoms with Crippen molar-refractivity contribution in [2.75, 3.05) is 0 Å². The van der Waals surface area contributed by atoms with Crippen LogP contribution in [0.5, 0.6) is 0 Å². The van der Waals surface area contributed by atoms with Crippen LogP contribution in [0.3, 0.4) is 0 Å². The van der Waals surface area contributed by atoms with Crippen molar-refractivity contribution < 1.29 is 0 Å². The molecule has 2 aromatic rings. The fraction of sp³-hybridized carbons (Fsp3) is 0.471. The maximum Gasteiger partial charge on any atom is 0.0587 e. The zero-order valence-electron chi connectivity index (χ0n) is 13.2. The lowest BCUT2D eigenvalue weighted by molar-refractivity contribution is 0.276. The van der Waals surface area contributed by atoms with E-state index in [1.165, 1.54) is 5.56 Å². The average molecular weight is 286 g/mol. The summed E-state index contributed by atoms with van der Waals surface area (Å²) in [5.41, 5.74) is 5.48. The van der Waals surface area contributed by atoms with Gasteiger partial charge in [0.15, 0.2) is 0 Å². The summed E-state index contributed by atoms with van der Waals surface area (Å²) in [4.78, 5) is 0. The molecule has 4 nitrogen and oxygen atoms in total. The molecule has 0 saturated heterocycles. The van der Waals surface area contributed by atoms with Crippen LogP contribution in [-0.4, -0.2) is 9.78 Å². The van der Waals surface area contributed by atoms with E-state index in [-0.39, 0.29) is 11.5 Å². The predicted octanol–water partition coefficient (Wildman–Crippen LogP) is 3.17. The third kappa shape index (κ3) is 2.87. The van der Waals surface area contributed by atoms with E-state index in [1.54, 1.807) is 0 Å². The molecule has 0 bridgehead atoms. The van der Waals surface area contributed by atoms with E-state index < -0.39 is 0 Å². The first kappa shape index (κ1) is 15.7. The van der Waals surface area contributed by atoms with E-state index in [4.69, 9.17) is 5.84 Å². The summed E-state index contributed by atoms with van der Waals surface area (Å²) < 4.78 is 1.95. The van der Waals surface area contributed by atoms with Crippen molar-refractivity contribution in [2.45, 2.75) is 51.6 Å². The molecule has 0 fully saturated rings. The molecule has 21 heavy (non-hydrogen) atoms. The molecule has 3 N–H and O–H groups in total. The summed E-state index contributed by atoms with van der Waals surface area (Å²) >= 11 is 0. The third-order valence-electron chi connectivity index (χ3n) is 4.64. The van der Waals surface area contributed by atoms with Gasteiger partial charge in [0, 0.05) is 23.7 Å². The summed E-state index contributed by atoms with van der Waals surface area (Å²) in [5, 5.41) is 4.40. The van der Waals surface area contributed by atoms with Gasteiger partial charge in [-0.2, -0.15) is 5.10 Å². The molecule has 1 heterocycles. The number of nitrogens with two attached hydrogens (primary N) is 1. The lowest BCUT2D eigenvalue weighted by Crippen LogP contribution is -2.44. The standard InChI is InChI=1S/C17H26N4/c1-4-17(5-2,15-10-8-7-9-11-15)16(20-18)14-12-19-21(6-3)13-14/h7-13,16,20H,4-6,18H2,1-3H3. The molecule has 0 aliphatic carbocycles. The van der Waals surface area contributed by atoms with E-state index in [2.05, 4.69) is 67.8 Å². The molecule has 0 aliphatic heterocycles. The van der Waals surface area contributed by atoms with Crippen LogP contribution < -0.4 is 11.3 Å². The number of benzene rings is 1. The molecular formula is C17H26N4. The highest BCUT2D eigenvalue weighted by Gasteiger charge is 2.38. The maximum absolute atomic E-state index is 5.94. The molecule has 1 unspecified atom stereocenters. The van der Waals surface area contributed by atoms with Gasteiger partial charge in [-0.05, 0) is 25.3 Å². The highest BCUT2D eigenvalue weighted by Crippen LogP contribution is 2.42. The smallest absolute Gasteiger partial charge is 0.0587 e. The van der Waals surface area contributed by atoms with Crippen LogP contribution in [0.25, 0.3) is 0 Å². The van der Waals surface area contributed by atoms with E-state index in [9.17, 15) is 0 Å². The molecule has 0 amide bonds. The molecule has 0 radical (unpaired) electrons. The monoisotopic (exact) mass is 286 g/mol. The summed E-state index contributed by atoms with van der Waals surface area (Å²) in [7, 11) is 0. The van der Waals surface area contributed by atoms with Crippen molar-refractivity contribution in [1.29, 1.82) is 0 Å². The molecule has 0 saturated carbocycles. The Balaban J connectivity index is 2.48. The van der Waals surface area contributed by atoms with Crippen LogP contribution in [0.15, 0.2) is 42.7 Å². The summed E-state index contributed by atoms with van der Waals surface area (Å²) in [6.07, 6.45) is 6.05. The normalized spacial score (nSPS) is 13.3. The summed E-state index contributed by atoms with van der Waals surface area (Å²) in [6.45, 7) is 7.41. The fourth-order valence-electron chi connectivity index (χ4n) is 3.28. The minimum atomic E-state index is -0.0301. The van der Waals surface area contributed by atoms with E-state index >= 15 is 0 Å². The van der Waals surface area contributed by atoms with Crippen LogP contribution in [0, 0.1) is 0 Å². The Labute approximate surface area is 127 Å². The first-order valence-electron chi connectivity index (χ1n) is 7.75. The first-order valence-corrected chi connectivity index (χ1v) is 7.75. The second-order valence-electron chi connectivity index (χ2n) is 5.46. The lowest BCUT2D eigenvalue weighted by atomic mass is 9.68. The Kier molecular flexibility index (Phi) is 5.15. The van der Waals surface area contributed by atoms with Crippen molar-refractivity contribution in [3.05, 3.63) is 53.9 Å². The lowest BCUT2D eigenvalue weighted by Gasteiger charge is -2.39. The van der Waals surface area contributed by atoms with Crippen LogP contribution in [0.4, 0.5) is 0 Å². The van der Waals surface area contributed by atoms with Gasteiger partial charge in [-0.3, -0.25) is 16.0 Å². The Morgan fingerprint density at radius 2 is 1.86 bits per heavy atom. The van der Waals surface area contributed by atoms with E-state index in [1.807, 2.05) is 10.9 Å². The molecule has 1 aromatic carbocycles. The minimum Gasteiger partial charge on any atom is -0.273 e. The van der Waals surface area contributed by atoms with Gasteiger partial charge in [-0.25, -0.2) is 0 Å². The van der Waals surface area contributed by atoms with Gasteiger partial charge in [-0.15, -0.1) is 0 Å². The zero-order valence-corrected chi connectivity index (χ0v) is 13.2.